The highest BCUT2D eigenvalue weighted by atomic mass is 35.5. The zero-order valence-electron chi connectivity index (χ0n) is 9.73. The third-order valence-electron chi connectivity index (χ3n) is 3.19. The fourth-order valence-electron chi connectivity index (χ4n) is 2.17. The molecule has 1 atom stereocenters. The molecule has 6 heteroatoms. The minimum Gasteiger partial charge on any atom is -0.506 e. The number of benzene rings is 1. The summed E-state index contributed by atoms with van der Waals surface area (Å²) in [7, 11) is 0. The quantitative estimate of drug-likeness (QED) is 0.882. The average Bonchev–Trinajstić information content (AvgIpc) is 2.34. The van der Waals surface area contributed by atoms with Gasteiger partial charge in [0, 0.05) is 24.8 Å². The molecule has 0 amide bonds. The van der Waals surface area contributed by atoms with Crippen molar-refractivity contribution in [1.82, 2.24) is 0 Å². The Morgan fingerprint density at radius 2 is 2.00 bits per heavy atom. The summed E-state index contributed by atoms with van der Waals surface area (Å²) in [4.78, 5) is 0. The van der Waals surface area contributed by atoms with E-state index in [1.807, 2.05) is 0 Å². The minimum absolute atomic E-state index is 0. The van der Waals surface area contributed by atoms with Gasteiger partial charge in [-0.1, -0.05) is 11.6 Å². The normalized spacial score (nSPS) is 18.2. The van der Waals surface area contributed by atoms with Crippen molar-refractivity contribution in [2.75, 3.05) is 13.2 Å². The van der Waals surface area contributed by atoms with Crippen molar-refractivity contribution in [3.8, 4) is 5.75 Å². The molecule has 0 spiro atoms. The number of ether oxygens (including phenoxy) is 1. The van der Waals surface area contributed by atoms with Crippen molar-refractivity contribution < 1.29 is 14.2 Å². The molecule has 1 fully saturated rings. The summed E-state index contributed by atoms with van der Waals surface area (Å²) in [5.41, 5.74) is 6.44. The first-order valence-electron chi connectivity index (χ1n) is 5.61. The van der Waals surface area contributed by atoms with Crippen LogP contribution in [0.15, 0.2) is 12.1 Å². The first-order chi connectivity index (χ1) is 8.09. The molecular weight excluding hydrogens is 280 g/mol. The van der Waals surface area contributed by atoms with E-state index < -0.39 is 11.9 Å². The van der Waals surface area contributed by atoms with E-state index in [9.17, 15) is 9.50 Å². The molecule has 0 unspecified atom stereocenters. The van der Waals surface area contributed by atoms with Crippen molar-refractivity contribution >= 4 is 24.0 Å². The number of hydrogen-bond donors (Lipinski definition) is 2. The Bertz CT molecular complexity index is 411. The Morgan fingerprint density at radius 3 is 2.61 bits per heavy atom. The van der Waals surface area contributed by atoms with Crippen LogP contribution >= 0.6 is 24.0 Å². The molecule has 18 heavy (non-hydrogen) atoms. The monoisotopic (exact) mass is 295 g/mol. The predicted molar refractivity (Wildman–Crippen MR) is 70.8 cm³/mol. The topological polar surface area (TPSA) is 55.5 Å². The molecule has 1 aromatic carbocycles. The smallest absolute Gasteiger partial charge is 0.139 e. The fraction of sp³-hybridized carbons (Fsp3) is 0.500. The summed E-state index contributed by atoms with van der Waals surface area (Å²) in [5, 5.41) is 9.82. The Labute approximate surface area is 116 Å². The molecule has 0 aromatic heterocycles. The Morgan fingerprint density at radius 1 is 1.39 bits per heavy atom. The highest BCUT2D eigenvalue weighted by Gasteiger charge is 2.25. The van der Waals surface area contributed by atoms with Crippen molar-refractivity contribution in [1.29, 1.82) is 0 Å². The maximum Gasteiger partial charge on any atom is 0.139 e. The van der Waals surface area contributed by atoms with Gasteiger partial charge in [-0.3, -0.25) is 0 Å². The number of phenols is 1. The zero-order valence-corrected chi connectivity index (χ0v) is 11.3. The maximum absolute atomic E-state index is 13.3. The summed E-state index contributed by atoms with van der Waals surface area (Å²) in [6.45, 7) is 1.31. The second-order valence-corrected chi connectivity index (χ2v) is 4.71. The van der Waals surface area contributed by atoms with E-state index in [4.69, 9.17) is 22.1 Å². The summed E-state index contributed by atoms with van der Waals surface area (Å²) >= 11 is 5.73. The van der Waals surface area contributed by atoms with Gasteiger partial charge in [0.15, 0.2) is 0 Å². The van der Waals surface area contributed by atoms with Gasteiger partial charge in [0.1, 0.15) is 11.6 Å². The standard InChI is InChI=1S/C12H15ClFNO2.ClH/c13-10-6-8(14)5-9(12(10)16)11(15)7-1-3-17-4-2-7;/h5-7,11,16H,1-4,15H2;1H/t11-;/m0./s1. The summed E-state index contributed by atoms with van der Waals surface area (Å²) < 4.78 is 18.5. The highest BCUT2D eigenvalue weighted by molar-refractivity contribution is 6.32. The van der Waals surface area contributed by atoms with Crippen LogP contribution in [0.2, 0.25) is 5.02 Å². The molecule has 1 aliphatic rings. The second-order valence-electron chi connectivity index (χ2n) is 4.30. The van der Waals surface area contributed by atoms with Gasteiger partial charge in [0.25, 0.3) is 0 Å². The van der Waals surface area contributed by atoms with Gasteiger partial charge >= 0.3 is 0 Å². The van der Waals surface area contributed by atoms with E-state index in [0.717, 1.165) is 18.9 Å². The van der Waals surface area contributed by atoms with Crippen LogP contribution in [0.4, 0.5) is 4.39 Å². The van der Waals surface area contributed by atoms with Crippen LogP contribution in [0, 0.1) is 11.7 Å². The predicted octanol–water partition coefficient (Wildman–Crippen LogP) is 3.03. The number of phenolic OH excluding ortho intramolecular Hbond substituents is 1. The molecule has 0 radical (unpaired) electrons. The minimum atomic E-state index is -0.481. The van der Waals surface area contributed by atoms with Crippen molar-refractivity contribution in [3.63, 3.8) is 0 Å². The Balaban J connectivity index is 0.00000162. The maximum atomic E-state index is 13.3. The first-order valence-corrected chi connectivity index (χ1v) is 5.98. The van der Waals surface area contributed by atoms with Crippen LogP contribution in [0.25, 0.3) is 0 Å². The molecule has 0 bridgehead atoms. The van der Waals surface area contributed by atoms with Crippen molar-refractivity contribution in [2.24, 2.45) is 11.7 Å². The van der Waals surface area contributed by atoms with Gasteiger partial charge in [-0.2, -0.15) is 0 Å². The number of halogens is 3. The van der Waals surface area contributed by atoms with E-state index in [1.165, 1.54) is 6.07 Å². The lowest BCUT2D eigenvalue weighted by atomic mass is 9.87. The summed E-state index contributed by atoms with van der Waals surface area (Å²) in [6, 6.07) is 1.92. The molecule has 102 valence electrons. The van der Waals surface area contributed by atoms with Gasteiger partial charge in [-0.25, -0.2) is 4.39 Å². The van der Waals surface area contributed by atoms with Crippen LogP contribution in [0.3, 0.4) is 0 Å². The van der Waals surface area contributed by atoms with Gasteiger partial charge in [0.05, 0.1) is 5.02 Å². The molecule has 1 aromatic rings. The zero-order chi connectivity index (χ0) is 12.4. The number of aromatic hydroxyl groups is 1. The van der Waals surface area contributed by atoms with Gasteiger partial charge in [0.2, 0.25) is 0 Å². The van der Waals surface area contributed by atoms with Crippen molar-refractivity contribution in [2.45, 2.75) is 18.9 Å². The summed E-state index contributed by atoms with van der Waals surface area (Å²) in [6.07, 6.45) is 1.63. The molecule has 1 heterocycles. The SMILES string of the molecule is Cl.N[C@H](c1cc(F)cc(Cl)c1O)C1CCOCC1. The Kier molecular flexibility index (Phi) is 5.66. The molecule has 2 rings (SSSR count). The summed E-state index contributed by atoms with van der Waals surface area (Å²) in [5.74, 6) is -0.412. The van der Waals surface area contributed by atoms with Crippen LogP contribution < -0.4 is 5.73 Å². The first kappa shape index (κ1) is 15.5. The molecule has 1 aliphatic heterocycles. The lowest BCUT2D eigenvalue weighted by Crippen LogP contribution is -2.27. The van der Waals surface area contributed by atoms with E-state index in [2.05, 4.69) is 0 Å². The van der Waals surface area contributed by atoms with E-state index in [1.54, 1.807) is 0 Å². The fourth-order valence-corrected chi connectivity index (χ4v) is 2.38. The molecule has 3 N–H and O–H groups in total. The number of hydrogen-bond acceptors (Lipinski definition) is 3. The third kappa shape index (κ3) is 3.26. The molecule has 0 saturated carbocycles. The van der Waals surface area contributed by atoms with Crippen LogP contribution in [0.1, 0.15) is 24.4 Å². The van der Waals surface area contributed by atoms with E-state index in [-0.39, 0.29) is 29.1 Å². The number of rotatable bonds is 2. The average molecular weight is 296 g/mol. The van der Waals surface area contributed by atoms with E-state index >= 15 is 0 Å². The Hall–Kier alpha value is -0.550. The lowest BCUT2D eigenvalue weighted by molar-refractivity contribution is 0.0581. The van der Waals surface area contributed by atoms with Gasteiger partial charge < -0.3 is 15.6 Å². The van der Waals surface area contributed by atoms with E-state index in [0.29, 0.717) is 18.8 Å². The molecule has 1 saturated heterocycles. The van der Waals surface area contributed by atoms with Gasteiger partial charge in [-0.15, -0.1) is 12.4 Å². The largest absolute Gasteiger partial charge is 0.506 e. The van der Waals surface area contributed by atoms with Crippen molar-refractivity contribution in [3.05, 3.63) is 28.5 Å². The number of nitrogens with two attached hydrogens (primary N) is 1. The van der Waals surface area contributed by atoms with Crippen LogP contribution in [0.5, 0.6) is 5.75 Å². The third-order valence-corrected chi connectivity index (χ3v) is 3.48. The van der Waals surface area contributed by atoms with Crippen LogP contribution in [-0.2, 0) is 4.74 Å². The van der Waals surface area contributed by atoms with Crippen LogP contribution in [-0.4, -0.2) is 18.3 Å². The highest BCUT2D eigenvalue weighted by Crippen LogP contribution is 2.37. The van der Waals surface area contributed by atoms with Gasteiger partial charge in [-0.05, 0) is 30.9 Å². The molecular formula is C12H16Cl2FNO2. The lowest BCUT2D eigenvalue weighted by Gasteiger charge is -2.28. The second kappa shape index (κ2) is 6.57. The molecule has 3 nitrogen and oxygen atoms in total. The molecule has 0 aliphatic carbocycles.